The van der Waals surface area contributed by atoms with E-state index < -0.39 is 45.5 Å². The number of carbonyl (C=O) groups excluding carboxylic acids is 1. The Morgan fingerprint density at radius 1 is 0.912 bits per heavy atom. The van der Waals surface area contributed by atoms with Crippen LogP contribution in [0.25, 0.3) is 0 Å². The minimum Gasteiger partial charge on any atom is -0.424 e. The number of aryl methyl sites for hydroxylation is 2. The molecule has 3 aromatic rings. The van der Waals surface area contributed by atoms with Crippen LogP contribution in [-0.2, 0) is 30.5 Å². The molecule has 1 N–H and O–H groups in total. The van der Waals surface area contributed by atoms with Gasteiger partial charge in [-0.25, -0.2) is 4.79 Å². The van der Waals surface area contributed by atoms with E-state index in [-0.39, 0.29) is 5.75 Å². The van der Waals surface area contributed by atoms with Gasteiger partial charge in [-0.05, 0) is 49.2 Å². The first-order valence-corrected chi connectivity index (χ1v) is 12.7. The second-order valence-corrected chi connectivity index (χ2v) is 11.0. The Bertz CT molecular complexity index is 1190. The number of benzene rings is 3. The van der Waals surface area contributed by atoms with Gasteiger partial charge in [-0.15, -0.1) is 0 Å². The molecule has 0 aliphatic heterocycles. The summed E-state index contributed by atoms with van der Waals surface area (Å²) in [6.45, 7) is 0.951. The molecule has 0 amide bonds. The number of alkyl halides is 2. The molecule has 0 spiro atoms. The predicted octanol–water partition coefficient (Wildman–Crippen LogP) is 4.80. The summed E-state index contributed by atoms with van der Waals surface area (Å²) < 4.78 is 65.9. The summed E-state index contributed by atoms with van der Waals surface area (Å²) in [5, 5.41) is -4.52. The Labute approximate surface area is 199 Å². The van der Waals surface area contributed by atoms with Gasteiger partial charge < -0.3 is 9.47 Å². The quantitative estimate of drug-likeness (QED) is 0.193. The lowest BCUT2D eigenvalue weighted by Crippen LogP contribution is -2.34. The Morgan fingerprint density at radius 2 is 1.38 bits per heavy atom. The molecule has 3 rings (SSSR count). The molecule has 10 heteroatoms. The highest BCUT2D eigenvalue weighted by atomic mass is 32.2. The van der Waals surface area contributed by atoms with E-state index in [1.807, 2.05) is 48.5 Å². The van der Waals surface area contributed by atoms with E-state index in [0.717, 1.165) is 14.7 Å². The van der Waals surface area contributed by atoms with E-state index in [4.69, 9.17) is 9.29 Å². The molecule has 0 saturated heterocycles. The number of halogens is 2. The highest BCUT2D eigenvalue weighted by Gasteiger charge is 2.44. The molecule has 6 nitrogen and oxygen atoms in total. The summed E-state index contributed by atoms with van der Waals surface area (Å²) in [6.07, 6.45) is 0. The molecule has 0 unspecified atom stereocenters. The topological polar surface area (TPSA) is 89.9 Å². The number of esters is 1. The fourth-order valence-corrected chi connectivity index (χ4v) is 5.68. The lowest BCUT2D eigenvalue weighted by atomic mass is 10.1. The van der Waals surface area contributed by atoms with Crippen molar-refractivity contribution in [1.29, 1.82) is 0 Å². The van der Waals surface area contributed by atoms with Crippen molar-refractivity contribution in [2.45, 2.75) is 33.8 Å². The van der Waals surface area contributed by atoms with Crippen LogP contribution in [0, 0.1) is 13.8 Å². The molecule has 0 aliphatic carbocycles. The normalized spacial score (nSPS) is 12.1. The molecule has 0 aliphatic rings. The fourth-order valence-electron chi connectivity index (χ4n) is 3.18. The van der Waals surface area contributed by atoms with Crippen molar-refractivity contribution in [2.24, 2.45) is 0 Å². The first kappa shape index (κ1) is 25.8. The summed E-state index contributed by atoms with van der Waals surface area (Å²) in [6, 6.07) is 23.8. The maximum Gasteiger partial charge on any atom is 0.392 e. The highest BCUT2D eigenvalue weighted by molar-refractivity contribution is 7.97. The first-order valence-electron chi connectivity index (χ1n) is 10.1. The molecule has 0 saturated carbocycles. The van der Waals surface area contributed by atoms with Crippen molar-refractivity contribution in [1.82, 2.24) is 0 Å². The lowest BCUT2D eigenvalue weighted by Gasteiger charge is -2.15. The Balaban J connectivity index is 1.80. The predicted molar refractivity (Wildman–Crippen MR) is 124 cm³/mol. The van der Waals surface area contributed by atoms with Gasteiger partial charge in [0, 0.05) is 12.1 Å². The van der Waals surface area contributed by atoms with Gasteiger partial charge in [-0.1, -0.05) is 36.4 Å². The zero-order chi connectivity index (χ0) is 24.9. The number of hydrogen-bond acceptors (Lipinski definition) is 5. The zero-order valence-corrected chi connectivity index (χ0v) is 20.0. The van der Waals surface area contributed by atoms with Crippen LogP contribution >= 0.6 is 0 Å². The first-order chi connectivity index (χ1) is 16.0. The Kier molecular flexibility index (Phi) is 8.09. The maximum atomic E-state index is 13.2. The standard InChI is InChI=1S/C24H22F2O6S2/c1-17-13-21(33(19-9-5-3-6-10-19)20-11-7-4-8-12-20)14-18(2)23(17)32-22(27)15-31-16-24(25,26)34(28,29)30/h3-14H,15-16H2,1-2H3/p+1. The van der Waals surface area contributed by atoms with Gasteiger partial charge in [0.25, 0.3) is 0 Å². The Morgan fingerprint density at radius 3 is 1.82 bits per heavy atom. The van der Waals surface area contributed by atoms with E-state index >= 15 is 0 Å². The number of rotatable bonds is 9. The average molecular weight is 510 g/mol. The second-order valence-electron chi connectivity index (χ2n) is 7.40. The van der Waals surface area contributed by atoms with Gasteiger partial charge in [0.05, 0.1) is 10.9 Å². The largest absolute Gasteiger partial charge is 0.424 e. The highest BCUT2D eigenvalue weighted by Crippen LogP contribution is 2.35. The minimum atomic E-state index is -5.64. The van der Waals surface area contributed by atoms with E-state index in [2.05, 4.69) is 29.0 Å². The molecule has 180 valence electrons. The minimum absolute atomic E-state index is 0.267. The average Bonchev–Trinajstić information content (AvgIpc) is 2.77. The summed E-state index contributed by atoms with van der Waals surface area (Å²) in [5.74, 6) is -0.709. The van der Waals surface area contributed by atoms with Crippen molar-refractivity contribution >= 4 is 27.0 Å². The molecule has 3 aromatic carbocycles. The molecule has 0 bridgehead atoms. The smallest absolute Gasteiger partial charge is 0.392 e. The number of hydrogen-bond donors (Lipinski definition) is 1. The molecule has 0 aromatic heterocycles. The Hall–Kier alpha value is -2.79. The van der Waals surface area contributed by atoms with Gasteiger partial charge in [-0.2, -0.15) is 17.2 Å². The van der Waals surface area contributed by atoms with Gasteiger partial charge in [0.1, 0.15) is 19.0 Å². The molecule has 34 heavy (non-hydrogen) atoms. The third-order valence-corrected chi connectivity index (χ3v) is 7.78. The van der Waals surface area contributed by atoms with Crippen molar-refractivity contribution in [2.75, 3.05) is 13.2 Å². The van der Waals surface area contributed by atoms with Gasteiger partial charge >= 0.3 is 21.3 Å². The van der Waals surface area contributed by atoms with E-state index in [0.29, 0.717) is 11.1 Å². The fraction of sp³-hybridized carbons (Fsp3) is 0.208. The third-order valence-electron chi connectivity index (χ3n) is 4.71. The second kappa shape index (κ2) is 10.6. The van der Waals surface area contributed by atoms with Crippen molar-refractivity contribution in [3.8, 4) is 5.75 Å². The van der Waals surface area contributed by atoms with E-state index in [9.17, 15) is 22.0 Å². The summed E-state index contributed by atoms with van der Waals surface area (Å²) in [7, 11) is -6.05. The molecule has 0 heterocycles. The zero-order valence-electron chi connectivity index (χ0n) is 18.4. The van der Waals surface area contributed by atoms with E-state index in [1.54, 1.807) is 13.8 Å². The van der Waals surface area contributed by atoms with Crippen LogP contribution < -0.4 is 4.74 Å². The maximum absolute atomic E-state index is 13.2. The van der Waals surface area contributed by atoms with Gasteiger partial charge in [0.15, 0.2) is 14.7 Å². The van der Waals surface area contributed by atoms with Gasteiger partial charge in [-0.3, -0.25) is 4.55 Å². The van der Waals surface area contributed by atoms with Crippen LogP contribution in [-0.4, -0.2) is 37.4 Å². The van der Waals surface area contributed by atoms with Crippen LogP contribution in [0.1, 0.15) is 11.1 Å². The van der Waals surface area contributed by atoms with Crippen LogP contribution in [0.5, 0.6) is 5.75 Å². The monoisotopic (exact) mass is 509 g/mol. The van der Waals surface area contributed by atoms with Crippen LogP contribution in [0.2, 0.25) is 0 Å². The number of carbonyl (C=O) groups is 1. The van der Waals surface area contributed by atoms with Crippen LogP contribution in [0.4, 0.5) is 8.78 Å². The summed E-state index contributed by atoms with van der Waals surface area (Å²) in [5.41, 5.74) is 1.33. The van der Waals surface area contributed by atoms with Crippen molar-refractivity contribution in [3.05, 3.63) is 83.9 Å². The van der Waals surface area contributed by atoms with Crippen LogP contribution in [0.15, 0.2) is 87.5 Å². The number of ether oxygens (including phenoxy) is 2. The van der Waals surface area contributed by atoms with E-state index in [1.165, 1.54) is 0 Å². The molecular weight excluding hydrogens is 486 g/mol. The van der Waals surface area contributed by atoms with Gasteiger partial charge in [0.2, 0.25) is 0 Å². The molecule has 0 radical (unpaired) electrons. The lowest BCUT2D eigenvalue weighted by molar-refractivity contribution is -0.141. The molecule has 0 atom stereocenters. The summed E-state index contributed by atoms with van der Waals surface area (Å²) >= 11 is 0. The van der Waals surface area contributed by atoms with Crippen molar-refractivity contribution < 1.29 is 36.0 Å². The van der Waals surface area contributed by atoms with Crippen molar-refractivity contribution in [3.63, 3.8) is 0 Å². The molecular formula is C24H23F2O6S2+. The SMILES string of the molecule is Cc1cc([S+](c2ccccc2)c2ccccc2)cc(C)c1OC(=O)COCC(F)(F)S(=O)(=O)O. The third kappa shape index (κ3) is 6.20. The summed E-state index contributed by atoms with van der Waals surface area (Å²) in [4.78, 5) is 15.4. The molecule has 0 fully saturated rings. The van der Waals surface area contributed by atoms with Crippen LogP contribution in [0.3, 0.4) is 0 Å².